The van der Waals surface area contributed by atoms with Gasteiger partial charge in [-0.3, -0.25) is 0 Å². The Kier molecular flexibility index (Phi) is 6.71. The number of hydrogen-bond acceptors (Lipinski definition) is 7. The number of anilines is 2. The van der Waals surface area contributed by atoms with Gasteiger partial charge in [-0.25, -0.2) is 18.7 Å². The molecule has 0 fully saturated rings. The Bertz CT molecular complexity index is 1090. The fourth-order valence-electron chi connectivity index (χ4n) is 3.40. The Morgan fingerprint density at radius 3 is 2.75 bits per heavy atom. The maximum Gasteiger partial charge on any atom is 0.404 e. The van der Waals surface area contributed by atoms with Gasteiger partial charge >= 0.3 is 6.09 Å². The molecule has 2 aromatic heterocycles. The first-order chi connectivity index (χ1) is 15.0. The van der Waals surface area contributed by atoms with E-state index in [-0.39, 0.29) is 18.1 Å². The van der Waals surface area contributed by atoms with Gasteiger partial charge in [0.25, 0.3) is 0 Å². The summed E-state index contributed by atoms with van der Waals surface area (Å²) < 4.78 is 26.8. The summed E-state index contributed by atoms with van der Waals surface area (Å²) in [5.41, 5.74) is 12.5. The van der Waals surface area contributed by atoms with Crippen LogP contribution in [-0.4, -0.2) is 33.4 Å². The molecule has 3 rings (SSSR count). The van der Waals surface area contributed by atoms with E-state index < -0.39 is 18.0 Å². The quantitative estimate of drug-likeness (QED) is 0.480. The maximum atomic E-state index is 14.1. The molecule has 1 aromatic carbocycles. The standard InChI is InChI=1S/C22H29FN6O3/c1-13(27-19-7-8-29-20(28-19)17(24)11-26-29)16-9-14(23)5-6-18(16)32-15(10-22(2,3)4)12-31-21(25)30/h5-9,11,13,15H,10,12,24H2,1-4H3,(H2,25,30)(H,27,28)/t13-,15+/m1/s1. The Hall–Kier alpha value is -3.56. The van der Waals surface area contributed by atoms with E-state index in [1.54, 1.807) is 22.8 Å². The number of carbonyl (C=O) groups is 1. The molecule has 172 valence electrons. The first-order valence-electron chi connectivity index (χ1n) is 10.3. The van der Waals surface area contributed by atoms with Gasteiger partial charge in [-0.1, -0.05) is 20.8 Å². The summed E-state index contributed by atoms with van der Waals surface area (Å²) in [5, 5.41) is 7.35. The number of halogens is 1. The number of carbonyl (C=O) groups excluding carboxylic acids is 1. The van der Waals surface area contributed by atoms with Crippen molar-refractivity contribution in [1.82, 2.24) is 14.6 Å². The number of nitrogens with zero attached hydrogens (tertiary/aromatic N) is 3. The number of ether oxygens (including phenoxy) is 2. The minimum absolute atomic E-state index is 0.00998. The van der Waals surface area contributed by atoms with Crippen molar-refractivity contribution in [3.63, 3.8) is 0 Å². The van der Waals surface area contributed by atoms with Gasteiger partial charge in [-0.05, 0) is 43.0 Å². The second kappa shape index (κ2) is 9.29. The molecule has 0 saturated heterocycles. The van der Waals surface area contributed by atoms with E-state index >= 15 is 0 Å². The van der Waals surface area contributed by atoms with Crippen molar-refractivity contribution in [2.24, 2.45) is 11.1 Å². The predicted molar refractivity (Wildman–Crippen MR) is 120 cm³/mol. The van der Waals surface area contributed by atoms with E-state index in [1.807, 2.05) is 27.7 Å². The number of fused-ring (bicyclic) bond motifs is 1. The molecule has 9 nitrogen and oxygen atoms in total. The van der Waals surface area contributed by atoms with Crippen LogP contribution < -0.4 is 21.5 Å². The van der Waals surface area contributed by atoms with Crippen molar-refractivity contribution in [3.05, 3.63) is 48.0 Å². The molecule has 2 atom stereocenters. The number of hydrogen-bond donors (Lipinski definition) is 3. The second-order valence-electron chi connectivity index (χ2n) is 8.86. The van der Waals surface area contributed by atoms with Crippen LogP contribution in [0.1, 0.15) is 45.7 Å². The zero-order valence-corrected chi connectivity index (χ0v) is 18.6. The highest BCUT2D eigenvalue weighted by molar-refractivity contribution is 5.65. The first-order valence-corrected chi connectivity index (χ1v) is 10.3. The molecule has 0 aliphatic heterocycles. The third-order valence-electron chi connectivity index (χ3n) is 4.74. The molecule has 0 bridgehead atoms. The Labute approximate surface area is 185 Å². The molecule has 0 aliphatic carbocycles. The summed E-state index contributed by atoms with van der Waals surface area (Å²) >= 11 is 0. The van der Waals surface area contributed by atoms with Gasteiger partial charge in [0.2, 0.25) is 0 Å². The van der Waals surface area contributed by atoms with Crippen molar-refractivity contribution in [3.8, 4) is 5.75 Å². The molecule has 0 spiro atoms. The highest BCUT2D eigenvalue weighted by Gasteiger charge is 2.24. The van der Waals surface area contributed by atoms with Crippen LogP contribution in [0.25, 0.3) is 5.65 Å². The van der Waals surface area contributed by atoms with Crippen LogP contribution in [0.5, 0.6) is 5.75 Å². The Morgan fingerprint density at radius 1 is 1.31 bits per heavy atom. The van der Waals surface area contributed by atoms with Gasteiger partial charge in [-0.2, -0.15) is 5.10 Å². The average Bonchev–Trinajstić information content (AvgIpc) is 3.06. The summed E-state index contributed by atoms with van der Waals surface area (Å²) in [5.74, 6) is 0.625. The lowest BCUT2D eigenvalue weighted by Crippen LogP contribution is -2.31. The third kappa shape index (κ3) is 5.99. The number of nitrogens with one attached hydrogen (secondary N) is 1. The maximum absolute atomic E-state index is 14.1. The molecule has 0 saturated carbocycles. The van der Waals surface area contributed by atoms with Crippen LogP contribution in [-0.2, 0) is 4.74 Å². The van der Waals surface area contributed by atoms with Crippen molar-refractivity contribution >= 4 is 23.2 Å². The number of benzene rings is 1. The van der Waals surface area contributed by atoms with Gasteiger partial charge < -0.3 is 26.3 Å². The smallest absolute Gasteiger partial charge is 0.404 e. The van der Waals surface area contributed by atoms with Crippen LogP contribution in [0.2, 0.25) is 0 Å². The van der Waals surface area contributed by atoms with E-state index in [1.165, 1.54) is 18.3 Å². The van der Waals surface area contributed by atoms with E-state index in [0.717, 1.165) is 0 Å². The molecule has 0 unspecified atom stereocenters. The SMILES string of the molecule is C[C@@H](Nc1ccn2ncc(N)c2n1)c1cc(F)ccc1O[C@H](COC(N)=O)CC(C)(C)C. The van der Waals surface area contributed by atoms with Gasteiger partial charge in [0.05, 0.1) is 17.9 Å². The molecule has 10 heteroatoms. The van der Waals surface area contributed by atoms with Crippen molar-refractivity contribution in [1.29, 1.82) is 0 Å². The molecule has 2 heterocycles. The van der Waals surface area contributed by atoms with E-state index in [9.17, 15) is 9.18 Å². The van der Waals surface area contributed by atoms with E-state index in [4.69, 9.17) is 20.9 Å². The molecular weight excluding hydrogens is 415 g/mol. The van der Waals surface area contributed by atoms with Crippen LogP contribution >= 0.6 is 0 Å². The Morgan fingerprint density at radius 2 is 2.06 bits per heavy atom. The van der Waals surface area contributed by atoms with Gasteiger partial charge in [0.1, 0.15) is 30.1 Å². The Balaban J connectivity index is 1.84. The monoisotopic (exact) mass is 444 g/mol. The van der Waals surface area contributed by atoms with Gasteiger partial charge in [0, 0.05) is 11.8 Å². The topological polar surface area (TPSA) is 130 Å². The lowest BCUT2D eigenvalue weighted by atomic mass is 9.89. The molecule has 0 radical (unpaired) electrons. The fourth-order valence-corrected chi connectivity index (χ4v) is 3.40. The van der Waals surface area contributed by atoms with Crippen molar-refractivity contribution in [2.75, 3.05) is 17.7 Å². The summed E-state index contributed by atoms with van der Waals surface area (Å²) in [6.45, 7) is 8.00. The lowest BCUT2D eigenvalue weighted by molar-refractivity contribution is 0.0623. The van der Waals surface area contributed by atoms with Gasteiger partial charge in [0.15, 0.2) is 5.65 Å². The van der Waals surface area contributed by atoms with Gasteiger partial charge in [-0.15, -0.1) is 0 Å². The summed E-state index contributed by atoms with van der Waals surface area (Å²) in [4.78, 5) is 15.6. The largest absolute Gasteiger partial charge is 0.486 e. The second-order valence-corrected chi connectivity index (χ2v) is 8.86. The number of rotatable bonds is 8. The third-order valence-corrected chi connectivity index (χ3v) is 4.74. The fraction of sp³-hybridized carbons (Fsp3) is 0.409. The van der Waals surface area contributed by atoms with Crippen LogP contribution in [0.4, 0.5) is 20.7 Å². The number of amides is 1. The summed E-state index contributed by atoms with van der Waals surface area (Å²) in [6, 6.07) is 5.69. The van der Waals surface area contributed by atoms with Crippen LogP contribution in [0, 0.1) is 11.2 Å². The summed E-state index contributed by atoms with van der Waals surface area (Å²) in [7, 11) is 0. The zero-order valence-electron chi connectivity index (χ0n) is 18.6. The zero-order chi connectivity index (χ0) is 23.5. The minimum Gasteiger partial charge on any atom is -0.486 e. The molecule has 32 heavy (non-hydrogen) atoms. The highest BCUT2D eigenvalue weighted by Crippen LogP contribution is 2.31. The molecule has 1 amide bonds. The number of primary amides is 1. The van der Waals surface area contributed by atoms with Crippen LogP contribution in [0.15, 0.2) is 36.7 Å². The first kappa shape index (κ1) is 23.1. The van der Waals surface area contributed by atoms with E-state index in [0.29, 0.717) is 34.9 Å². The van der Waals surface area contributed by atoms with E-state index in [2.05, 4.69) is 15.4 Å². The lowest BCUT2D eigenvalue weighted by Gasteiger charge is -2.28. The normalized spacial score (nSPS) is 13.5. The highest BCUT2D eigenvalue weighted by atomic mass is 19.1. The number of nitrogen functional groups attached to an aromatic ring is 1. The molecule has 0 aliphatic rings. The average molecular weight is 445 g/mol. The molecule has 3 aromatic rings. The number of aromatic nitrogens is 3. The summed E-state index contributed by atoms with van der Waals surface area (Å²) in [6.07, 6.45) is 2.52. The molecular formula is C22H29FN6O3. The van der Waals surface area contributed by atoms with Crippen molar-refractivity contribution < 1.29 is 18.7 Å². The predicted octanol–water partition coefficient (Wildman–Crippen LogP) is 3.90. The van der Waals surface area contributed by atoms with Crippen LogP contribution in [0.3, 0.4) is 0 Å². The van der Waals surface area contributed by atoms with Crippen molar-refractivity contribution in [2.45, 2.75) is 46.3 Å². The number of nitrogens with two attached hydrogens (primary N) is 2. The molecule has 5 N–H and O–H groups in total. The minimum atomic E-state index is -0.873.